The van der Waals surface area contributed by atoms with Gasteiger partial charge in [0, 0.05) is 44.6 Å². The van der Waals surface area contributed by atoms with Crippen molar-refractivity contribution in [2.24, 2.45) is 0 Å². The van der Waals surface area contributed by atoms with Gasteiger partial charge >= 0.3 is 29.5 Å². The molecule has 11 heteroatoms. The standard InChI is InChI=1S/C17H32O9Si2/c1-14(2)16(18)24-10-8-12-27(20,21-5)26-28(22-6,23-7)13-9-11-25-17(19)15(3)4/h20H,1,3,8-13H2,2,4-7H3. The lowest BCUT2D eigenvalue weighted by Crippen LogP contribution is -2.56. The van der Waals surface area contributed by atoms with Crippen LogP contribution in [-0.4, -0.2) is 68.9 Å². The van der Waals surface area contributed by atoms with Crippen LogP contribution in [0.25, 0.3) is 0 Å². The van der Waals surface area contributed by atoms with Crippen molar-refractivity contribution in [2.45, 2.75) is 38.8 Å². The number of rotatable bonds is 15. The first kappa shape index (κ1) is 26.7. The molecular weight excluding hydrogens is 404 g/mol. The first-order chi connectivity index (χ1) is 13.0. The van der Waals surface area contributed by atoms with Gasteiger partial charge in [0.05, 0.1) is 13.2 Å². The van der Waals surface area contributed by atoms with E-state index in [1.165, 1.54) is 21.3 Å². The highest BCUT2D eigenvalue weighted by Crippen LogP contribution is 2.24. The minimum absolute atomic E-state index is 0.0963. The summed E-state index contributed by atoms with van der Waals surface area (Å²) < 4.78 is 32.0. The van der Waals surface area contributed by atoms with Gasteiger partial charge in [-0.15, -0.1) is 0 Å². The van der Waals surface area contributed by atoms with Gasteiger partial charge in [0.2, 0.25) is 0 Å². The van der Waals surface area contributed by atoms with Crippen LogP contribution in [0, 0.1) is 0 Å². The molecule has 0 bridgehead atoms. The zero-order valence-electron chi connectivity index (χ0n) is 17.4. The highest BCUT2D eigenvalue weighted by molar-refractivity contribution is 6.74. The third-order valence-electron chi connectivity index (χ3n) is 3.68. The Kier molecular flexibility index (Phi) is 12.4. The van der Waals surface area contributed by atoms with Crippen molar-refractivity contribution in [1.29, 1.82) is 0 Å². The Bertz CT molecular complexity index is 549. The lowest BCUT2D eigenvalue weighted by atomic mass is 10.4. The Labute approximate surface area is 168 Å². The Morgan fingerprint density at radius 2 is 1.25 bits per heavy atom. The summed E-state index contributed by atoms with van der Waals surface area (Å²) in [6.45, 7) is 10.4. The molecule has 1 atom stereocenters. The molecule has 9 nitrogen and oxygen atoms in total. The van der Waals surface area contributed by atoms with Gasteiger partial charge in [0.25, 0.3) is 0 Å². The van der Waals surface area contributed by atoms with Crippen LogP contribution in [0.1, 0.15) is 26.7 Å². The quantitative estimate of drug-likeness (QED) is 0.178. The third-order valence-corrected chi connectivity index (χ3v) is 10.0. The van der Waals surface area contributed by atoms with Gasteiger partial charge in [0.15, 0.2) is 0 Å². The summed E-state index contributed by atoms with van der Waals surface area (Å²) in [6, 6.07) is 0.464. The largest absolute Gasteiger partial charge is 0.493 e. The van der Waals surface area contributed by atoms with E-state index in [2.05, 4.69) is 13.2 Å². The van der Waals surface area contributed by atoms with Crippen LogP contribution in [0.15, 0.2) is 24.3 Å². The van der Waals surface area contributed by atoms with Crippen molar-refractivity contribution < 1.29 is 41.3 Å². The molecule has 0 rings (SSSR count). The van der Waals surface area contributed by atoms with E-state index in [0.29, 0.717) is 30.0 Å². The van der Waals surface area contributed by atoms with E-state index in [0.717, 1.165) is 0 Å². The summed E-state index contributed by atoms with van der Waals surface area (Å²) in [5.41, 5.74) is 0.611. The molecule has 1 unspecified atom stereocenters. The third kappa shape index (κ3) is 9.73. The van der Waals surface area contributed by atoms with E-state index in [-0.39, 0.29) is 19.3 Å². The Hall–Kier alpha value is -1.35. The Morgan fingerprint density at radius 1 is 0.821 bits per heavy atom. The van der Waals surface area contributed by atoms with Crippen molar-refractivity contribution >= 4 is 29.5 Å². The SMILES string of the molecule is C=C(C)C(=O)OCCC[Si](O)(OC)O[Si](CCCOC(=O)C(=C)C)(OC)OC. The first-order valence-corrected chi connectivity index (χ1v) is 12.7. The number of esters is 2. The molecule has 0 radical (unpaired) electrons. The van der Waals surface area contributed by atoms with Crippen molar-refractivity contribution in [3.05, 3.63) is 24.3 Å². The van der Waals surface area contributed by atoms with Crippen LogP contribution in [0.3, 0.4) is 0 Å². The molecule has 0 saturated heterocycles. The zero-order chi connectivity index (χ0) is 21.8. The fourth-order valence-corrected chi connectivity index (χ4v) is 7.73. The average Bonchev–Trinajstić information content (AvgIpc) is 2.67. The molecule has 0 aromatic heterocycles. The maximum atomic E-state index is 11.4. The van der Waals surface area contributed by atoms with Crippen molar-refractivity contribution in [3.63, 3.8) is 0 Å². The van der Waals surface area contributed by atoms with E-state index in [1.807, 2.05) is 0 Å². The van der Waals surface area contributed by atoms with Crippen molar-refractivity contribution in [2.75, 3.05) is 34.5 Å². The number of carbonyl (C=O) groups excluding carboxylic acids is 2. The van der Waals surface area contributed by atoms with Gasteiger partial charge in [-0.05, 0) is 26.7 Å². The topological polar surface area (TPSA) is 110 Å². The molecule has 0 aliphatic carbocycles. The first-order valence-electron chi connectivity index (χ1n) is 8.78. The van der Waals surface area contributed by atoms with Crippen molar-refractivity contribution in [1.82, 2.24) is 0 Å². The van der Waals surface area contributed by atoms with Gasteiger partial charge in [-0.3, -0.25) is 0 Å². The minimum Gasteiger partial charge on any atom is -0.462 e. The predicted octanol–water partition coefficient (Wildman–Crippen LogP) is 1.83. The summed E-state index contributed by atoms with van der Waals surface area (Å²) >= 11 is 0. The van der Waals surface area contributed by atoms with Crippen LogP contribution in [0.5, 0.6) is 0 Å². The Morgan fingerprint density at radius 3 is 1.61 bits per heavy atom. The summed E-state index contributed by atoms with van der Waals surface area (Å²) in [7, 11) is -2.68. The molecule has 0 aliphatic heterocycles. The lowest BCUT2D eigenvalue weighted by Gasteiger charge is -2.33. The summed E-state index contributed by atoms with van der Waals surface area (Å²) in [6.07, 6.45) is 0.751. The number of carbonyl (C=O) groups is 2. The van der Waals surface area contributed by atoms with Gasteiger partial charge in [0.1, 0.15) is 0 Å². The molecule has 0 amide bonds. The fraction of sp³-hybridized carbons (Fsp3) is 0.647. The van der Waals surface area contributed by atoms with E-state index in [1.54, 1.807) is 13.8 Å². The van der Waals surface area contributed by atoms with Crippen LogP contribution >= 0.6 is 0 Å². The summed E-state index contributed by atoms with van der Waals surface area (Å²) in [4.78, 5) is 33.5. The molecule has 28 heavy (non-hydrogen) atoms. The molecule has 162 valence electrons. The molecule has 0 heterocycles. The second-order valence-corrected chi connectivity index (χ2v) is 12.0. The molecule has 0 aromatic rings. The van der Waals surface area contributed by atoms with Crippen LogP contribution in [-0.2, 0) is 36.5 Å². The smallest absolute Gasteiger partial charge is 0.462 e. The summed E-state index contributed by atoms with van der Waals surface area (Å²) in [5, 5.41) is 0. The van der Waals surface area contributed by atoms with E-state index in [9.17, 15) is 14.4 Å². The molecule has 0 saturated carbocycles. The highest BCUT2D eigenvalue weighted by Gasteiger charge is 2.50. The maximum absolute atomic E-state index is 11.4. The second-order valence-electron chi connectivity index (χ2n) is 6.15. The van der Waals surface area contributed by atoms with Crippen LogP contribution in [0.4, 0.5) is 0 Å². The molecule has 0 aromatic carbocycles. The van der Waals surface area contributed by atoms with Gasteiger partial charge < -0.3 is 31.7 Å². The van der Waals surface area contributed by atoms with E-state index >= 15 is 0 Å². The van der Waals surface area contributed by atoms with E-state index in [4.69, 9.17) is 26.9 Å². The average molecular weight is 437 g/mol. The minimum atomic E-state index is -3.62. The zero-order valence-corrected chi connectivity index (χ0v) is 19.4. The van der Waals surface area contributed by atoms with E-state index < -0.39 is 29.5 Å². The van der Waals surface area contributed by atoms with Gasteiger partial charge in [-0.1, -0.05) is 13.2 Å². The monoisotopic (exact) mass is 436 g/mol. The van der Waals surface area contributed by atoms with Crippen LogP contribution in [0.2, 0.25) is 12.1 Å². The lowest BCUT2D eigenvalue weighted by molar-refractivity contribution is -0.139. The predicted molar refractivity (Wildman–Crippen MR) is 106 cm³/mol. The molecule has 0 aliphatic rings. The molecule has 0 spiro atoms. The number of ether oxygens (including phenoxy) is 2. The highest BCUT2D eigenvalue weighted by atomic mass is 28.5. The second kappa shape index (κ2) is 13.0. The van der Waals surface area contributed by atoms with Crippen molar-refractivity contribution in [3.8, 4) is 0 Å². The summed E-state index contributed by atoms with van der Waals surface area (Å²) in [5.74, 6) is -0.972. The molecule has 1 N–H and O–H groups in total. The van der Waals surface area contributed by atoms with Gasteiger partial charge in [-0.2, -0.15) is 0 Å². The Balaban J connectivity index is 4.71. The number of hydrogen-bond acceptors (Lipinski definition) is 9. The molecular formula is C17H32O9Si2. The fourth-order valence-electron chi connectivity index (χ4n) is 2.02. The normalized spacial score (nSPS) is 13.5. The number of hydrogen-bond donors (Lipinski definition) is 1. The molecule has 0 fully saturated rings. The maximum Gasteiger partial charge on any atom is 0.493 e. The van der Waals surface area contributed by atoms with Gasteiger partial charge in [-0.25, -0.2) is 9.59 Å². The van der Waals surface area contributed by atoms with Crippen LogP contribution < -0.4 is 0 Å².